The molecular weight excluding hydrogens is 476 g/mol. The Morgan fingerprint density at radius 3 is 2.52 bits per heavy atom. The highest BCUT2D eigenvalue weighted by molar-refractivity contribution is 9.11. The van der Waals surface area contributed by atoms with E-state index >= 15 is 0 Å². The molecule has 3 rings (SSSR count). The Morgan fingerprint density at radius 1 is 1.14 bits per heavy atom. The molecule has 0 spiro atoms. The zero-order valence-corrected chi connectivity index (χ0v) is 18.9. The van der Waals surface area contributed by atoms with Crippen molar-refractivity contribution in [2.45, 2.75) is 30.2 Å². The van der Waals surface area contributed by atoms with E-state index in [4.69, 9.17) is 11.6 Å². The van der Waals surface area contributed by atoms with E-state index in [2.05, 4.69) is 21.2 Å². The molecule has 0 aliphatic carbocycles. The first-order chi connectivity index (χ1) is 13.9. The van der Waals surface area contributed by atoms with Crippen molar-refractivity contribution in [2.75, 3.05) is 13.1 Å². The van der Waals surface area contributed by atoms with Gasteiger partial charge in [0.15, 0.2) is 0 Å². The summed E-state index contributed by atoms with van der Waals surface area (Å²) >= 11 is 9.42. The molecule has 0 bridgehead atoms. The van der Waals surface area contributed by atoms with Gasteiger partial charge in [-0.1, -0.05) is 57.9 Å². The number of hydrogen-bond acceptors (Lipinski definition) is 3. The lowest BCUT2D eigenvalue weighted by molar-refractivity contribution is -0.124. The number of hydrogen-bond donors (Lipinski definition) is 1. The average molecular weight is 498 g/mol. The van der Waals surface area contributed by atoms with Crippen molar-refractivity contribution in [1.82, 2.24) is 9.62 Å². The van der Waals surface area contributed by atoms with Crippen LogP contribution >= 0.6 is 27.5 Å². The largest absolute Gasteiger partial charge is 0.355 e. The minimum absolute atomic E-state index is 0.0535. The minimum Gasteiger partial charge on any atom is -0.355 e. The number of benzene rings is 2. The Bertz CT molecular complexity index is 979. The van der Waals surface area contributed by atoms with Gasteiger partial charge in [0.1, 0.15) is 6.04 Å². The summed E-state index contributed by atoms with van der Waals surface area (Å²) in [5.41, 5.74) is 0.938. The summed E-state index contributed by atoms with van der Waals surface area (Å²) < 4.78 is 28.8. The highest BCUT2D eigenvalue weighted by atomic mass is 79.9. The summed E-state index contributed by atoms with van der Waals surface area (Å²) in [6.45, 7) is 0.614. The van der Waals surface area contributed by atoms with Gasteiger partial charge in [0.05, 0.1) is 4.90 Å². The molecule has 0 saturated carbocycles. The molecule has 29 heavy (non-hydrogen) atoms. The monoisotopic (exact) mass is 496 g/mol. The van der Waals surface area contributed by atoms with Crippen molar-refractivity contribution in [3.05, 3.63) is 69.7 Å². The summed E-state index contributed by atoms with van der Waals surface area (Å²) in [6, 6.07) is 14.8. The van der Waals surface area contributed by atoms with E-state index in [0.717, 1.165) is 18.4 Å². The summed E-state index contributed by atoms with van der Waals surface area (Å²) in [5, 5.41) is 3.28. The first-order valence-electron chi connectivity index (χ1n) is 9.34. The summed E-state index contributed by atoms with van der Waals surface area (Å²) in [5.74, 6) is -0.264. The van der Waals surface area contributed by atoms with Crippen LogP contribution in [0, 0.1) is 0 Å². The van der Waals surface area contributed by atoms with Crippen LogP contribution in [0.5, 0.6) is 0 Å². The molecule has 1 saturated heterocycles. The maximum absolute atomic E-state index is 13.4. The Hall–Kier alpha value is -1.67. The molecule has 2 aromatic carbocycles. The number of carbonyl (C=O) groups excluding carboxylic acids is 1. The van der Waals surface area contributed by atoms with Crippen LogP contribution in [-0.4, -0.2) is 37.8 Å². The van der Waals surface area contributed by atoms with Gasteiger partial charge in [-0.2, -0.15) is 4.31 Å². The molecule has 1 amide bonds. The number of sulfonamides is 1. The third kappa shape index (κ3) is 5.69. The van der Waals surface area contributed by atoms with E-state index in [-0.39, 0.29) is 17.3 Å². The molecule has 0 aromatic heterocycles. The molecule has 1 fully saturated rings. The molecule has 2 aromatic rings. The molecular formula is C21H22BrClN2O3S. The molecule has 1 N–H and O–H groups in total. The highest BCUT2D eigenvalue weighted by Gasteiger charge is 2.36. The van der Waals surface area contributed by atoms with Gasteiger partial charge in [-0.15, -0.1) is 0 Å². The number of carbonyl (C=O) groups is 1. The fourth-order valence-electron chi connectivity index (χ4n) is 3.23. The van der Waals surface area contributed by atoms with E-state index in [0.29, 0.717) is 22.5 Å². The smallest absolute Gasteiger partial charge is 0.244 e. The zero-order valence-electron chi connectivity index (χ0n) is 15.7. The second-order valence-electron chi connectivity index (χ2n) is 6.81. The van der Waals surface area contributed by atoms with Gasteiger partial charge in [-0.3, -0.25) is 4.79 Å². The van der Waals surface area contributed by atoms with E-state index in [1.165, 1.54) is 28.6 Å². The molecule has 154 valence electrons. The maximum Gasteiger partial charge on any atom is 0.244 e. The molecule has 8 heteroatoms. The minimum atomic E-state index is -3.91. The average Bonchev–Trinajstić information content (AvgIpc) is 2.91. The first-order valence-corrected chi connectivity index (χ1v) is 12.0. The Morgan fingerprint density at radius 2 is 1.83 bits per heavy atom. The van der Waals surface area contributed by atoms with Gasteiger partial charge >= 0.3 is 0 Å². The van der Waals surface area contributed by atoms with Crippen LogP contribution in [0.25, 0.3) is 6.08 Å². The SMILES string of the molecule is O=C1NCCCCC1N(C/C(Br)=C/c1ccccc1)S(=O)(=O)c1ccc(Cl)cc1. The van der Waals surface area contributed by atoms with Crippen molar-refractivity contribution < 1.29 is 13.2 Å². The lowest BCUT2D eigenvalue weighted by Crippen LogP contribution is -2.49. The van der Waals surface area contributed by atoms with Crippen molar-refractivity contribution in [2.24, 2.45) is 0 Å². The summed E-state index contributed by atoms with van der Waals surface area (Å²) in [6.07, 6.45) is 3.94. The van der Waals surface area contributed by atoms with Crippen LogP contribution in [0.15, 0.2) is 64.0 Å². The molecule has 1 aliphatic heterocycles. The lowest BCUT2D eigenvalue weighted by atomic mass is 10.1. The van der Waals surface area contributed by atoms with Crippen LogP contribution in [0.1, 0.15) is 24.8 Å². The summed E-state index contributed by atoms with van der Waals surface area (Å²) in [7, 11) is -3.91. The number of amides is 1. The van der Waals surface area contributed by atoms with Gasteiger partial charge in [0, 0.05) is 22.6 Å². The predicted molar refractivity (Wildman–Crippen MR) is 119 cm³/mol. The molecule has 1 atom stereocenters. The first kappa shape index (κ1) is 22.0. The van der Waals surface area contributed by atoms with Gasteiger partial charge in [-0.05, 0) is 55.2 Å². The van der Waals surface area contributed by atoms with Crippen LogP contribution in [0.3, 0.4) is 0 Å². The molecule has 1 heterocycles. The van der Waals surface area contributed by atoms with E-state index < -0.39 is 16.1 Å². The lowest BCUT2D eigenvalue weighted by Gasteiger charge is -2.29. The van der Waals surface area contributed by atoms with Crippen molar-refractivity contribution >= 4 is 49.5 Å². The molecule has 0 radical (unpaired) electrons. The topological polar surface area (TPSA) is 66.5 Å². The third-order valence-corrected chi connectivity index (χ3v) is 7.30. The van der Waals surface area contributed by atoms with Gasteiger partial charge in [-0.25, -0.2) is 8.42 Å². The van der Waals surface area contributed by atoms with E-state index in [9.17, 15) is 13.2 Å². The number of nitrogens with zero attached hydrogens (tertiary/aromatic N) is 1. The number of rotatable bonds is 6. The Balaban J connectivity index is 1.98. The van der Waals surface area contributed by atoms with Crippen molar-refractivity contribution in [3.63, 3.8) is 0 Å². The van der Waals surface area contributed by atoms with Crippen LogP contribution < -0.4 is 5.32 Å². The fraction of sp³-hybridized carbons (Fsp3) is 0.286. The number of halogens is 2. The second-order valence-corrected chi connectivity index (χ2v) is 10.2. The van der Waals surface area contributed by atoms with Crippen LogP contribution in [-0.2, 0) is 14.8 Å². The molecule has 5 nitrogen and oxygen atoms in total. The maximum atomic E-state index is 13.4. The predicted octanol–water partition coefficient (Wildman–Crippen LogP) is 4.44. The van der Waals surface area contributed by atoms with Crippen LogP contribution in [0.2, 0.25) is 5.02 Å². The zero-order chi connectivity index (χ0) is 20.9. The summed E-state index contributed by atoms with van der Waals surface area (Å²) in [4.78, 5) is 12.8. The standard InChI is InChI=1S/C21H22BrClN2O3S/c22-17(14-16-6-2-1-3-7-16)15-25(20-8-4-5-13-24-21(20)26)29(27,28)19-11-9-18(23)10-12-19/h1-3,6-7,9-12,14,20H,4-5,8,13,15H2,(H,24,26)/b17-14-. The van der Waals surface area contributed by atoms with E-state index in [1.54, 1.807) is 0 Å². The second kappa shape index (κ2) is 9.89. The van der Waals surface area contributed by atoms with Crippen LogP contribution in [0.4, 0.5) is 0 Å². The van der Waals surface area contributed by atoms with Gasteiger partial charge in [0.25, 0.3) is 0 Å². The quantitative estimate of drug-likeness (QED) is 0.642. The van der Waals surface area contributed by atoms with Gasteiger partial charge in [0.2, 0.25) is 15.9 Å². The highest BCUT2D eigenvalue weighted by Crippen LogP contribution is 2.26. The van der Waals surface area contributed by atoms with Gasteiger partial charge < -0.3 is 5.32 Å². The Labute approximate surface area is 184 Å². The van der Waals surface area contributed by atoms with Crippen molar-refractivity contribution in [1.29, 1.82) is 0 Å². The normalized spacial score (nSPS) is 18.4. The number of nitrogens with one attached hydrogen (secondary N) is 1. The Kier molecular flexibility index (Phi) is 7.51. The van der Waals surface area contributed by atoms with Crippen molar-refractivity contribution in [3.8, 4) is 0 Å². The third-order valence-electron chi connectivity index (χ3n) is 4.70. The molecule has 1 aliphatic rings. The molecule has 1 unspecified atom stereocenters. The fourth-order valence-corrected chi connectivity index (χ4v) is 5.65. The van der Waals surface area contributed by atoms with E-state index in [1.807, 2.05) is 36.4 Å².